The van der Waals surface area contributed by atoms with Crippen molar-refractivity contribution in [3.8, 4) is 0 Å². The van der Waals surface area contributed by atoms with E-state index in [2.05, 4.69) is 20.9 Å². The standard InChI is InChI=1S/C22H26N8O6/c23-19-27-17-13(6-29-15(31)4-5-16(29)32)25-20(24)30-7-14(22(34,35)21(17,30)28-19)26-18(33)11-3-1-2-10-8-36-9-12(10)11/h1-3,13-14,17,34-35H,4-9H2,(H6,23,24,25,26,27,28,33)/p+1/t13-,14?,17?,21?/m0/s1. The van der Waals surface area contributed by atoms with E-state index in [-0.39, 0.29) is 56.3 Å². The minimum absolute atomic E-state index is 0.0611. The summed E-state index contributed by atoms with van der Waals surface area (Å²) >= 11 is 0. The molecule has 0 aromatic heterocycles. The Hall–Kier alpha value is -3.75. The highest BCUT2D eigenvalue weighted by Crippen LogP contribution is 2.41. The lowest BCUT2D eigenvalue weighted by Crippen LogP contribution is -2.79. The summed E-state index contributed by atoms with van der Waals surface area (Å²) in [6.45, 7) is 0.533. The number of amides is 3. The van der Waals surface area contributed by atoms with E-state index < -0.39 is 35.5 Å². The predicted molar refractivity (Wildman–Crippen MR) is 122 cm³/mol. The van der Waals surface area contributed by atoms with Crippen LogP contribution in [0.4, 0.5) is 0 Å². The number of likely N-dealkylation sites (tertiary alicyclic amines) is 1. The van der Waals surface area contributed by atoms with Gasteiger partial charge in [-0.15, -0.1) is 0 Å². The van der Waals surface area contributed by atoms with Gasteiger partial charge in [-0.2, -0.15) is 0 Å². The molecule has 5 aliphatic heterocycles. The van der Waals surface area contributed by atoms with Crippen LogP contribution in [-0.4, -0.2) is 92.0 Å². The van der Waals surface area contributed by atoms with Gasteiger partial charge in [0.15, 0.2) is 5.96 Å². The highest BCUT2D eigenvalue weighted by Gasteiger charge is 2.75. The summed E-state index contributed by atoms with van der Waals surface area (Å²) in [4.78, 5) is 43.2. The number of hydrogen-bond donors (Lipinski definition) is 7. The van der Waals surface area contributed by atoms with Crippen LogP contribution in [-0.2, 0) is 27.5 Å². The van der Waals surface area contributed by atoms with Gasteiger partial charge in [-0.25, -0.2) is 9.57 Å². The Morgan fingerprint density at radius 2 is 2.00 bits per heavy atom. The molecule has 5 aliphatic rings. The molecule has 0 radical (unpaired) electrons. The number of carbonyl (C=O) groups is 3. The van der Waals surface area contributed by atoms with E-state index >= 15 is 0 Å². The predicted octanol–water partition coefficient (Wildman–Crippen LogP) is -4.06. The number of aliphatic imine (C=N–C) groups is 1. The molecule has 0 bridgehead atoms. The van der Waals surface area contributed by atoms with Crippen molar-refractivity contribution in [1.82, 2.24) is 20.9 Å². The van der Waals surface area contributed by atoms with Crippen molar-refractivity contribution in [2.75, 3.05) is 13.1 Å². The first-order chi connectivity index (χ1) is 17.1. The topological polar surface area (TPSA) is 208 Å². The first-order valence-electron chi connectivity index (χ1n) is 11.7. The molecule has 36 heavy (non-hydrogen) atoms. The molecule has 6 rings (SSSR count). The molecule has 2 fully saturated rings. The SMILES string of the molecule is NC1=NC2[C@H](CN3C(=O)CCC3=O)NC(N)=[N+]3CC(NC(=O)c4cccc5c4COC5)C(O)(O)C23N1. The summed E-state index contributed by atoms with van der Waals surface area (Å²) < 4.78 is 6.92. The van der Waals surface area contributed by atoms with Gasteiger partial charge in [-0.3, -0.25) is 30.3 Å². The number of aliphatic hydroxyl groups is 2. The molecular weight excluding hydrogens is 472 g/mol. The smallest absolute Gasteiger partial charge is 0.346 e. The van der Waals surface area contributed by atoms with Crippen LogP contribution in [0.1, 0.15) is 34.3 Å². The van der Waals surface area contributed by atoms with Crippen LogP contribution >= 0.6 is 0 Å². The molecule has 14 nitrogen and oxygen atoms in total. The van der Waals surface area contributed by atoms with E-state index in [4.69, 9.17) is 16.2 Å². The maximum absolute atomic E-state index is 13.2. The molecule has 5 heterocycles. The summed E-state index contributed by atoms with van der Waals surface area (Å²) in [5, 5.41) is 31.8. The number of ether oxygens (including phenoxy) is 1. The number of benzene rings is 1. The molecule has 1 aromatic carbocycles. The number of nitrogens with zero attached hydrogens (tertiary/aromatic N) is 3. The first-order valence-corrected chi connectivity index (χ1v) is 11.7. The van der Waals surface area contributed by atoms with Crippen LogP contribution in [0.25, 0.3) is 0 Å². The second-order valence-corrected chi connectivity index (χ2v) is 9.68. The van der Waals surface area contributed by atoms with Gasteiger partial charge < -0.3 is 31.3 Å². The maximum atomic E-state index is 13.2. The zero-order valence-corrected chi connectivity index (χ0v) is 19.2. The zero-order chi connectivity index (χ0) is 25.4. The normalized spacial score (nSPS) is 32.0. The molecular formula is C22H27N8O6+. The highest BCUT2D eigenvalue weighted by atomic mass is 16.5. The number of carbonyl (C=O) groups excluding carboxylic acids is 3. The van der Waals surface area contributed by atoms with Crippen LogP contribution in [0.2, 0.25) is 0 Å². The second kappa shape index (κ2) is 7.62. The fourth-order valence-corrected chi connectivity index (χ4v) is 5.98. The van der Waals surface area contributed by atoms with Crippen molar-refractivity contribution in [3.05, 3.63) is 34.9 Å². The Bertz CT molecular complexity index is 1240. The minimum atomic E-state index is -2.60. The molecule has 190 valence electrons. The van der Waals surface area contributed by atoms with Crippen LogP contribution in [0.5, 0.6) is 0 Å². The lowest BCUT2D eigenvalue weighted by atomic mass is 9.85. The summed E-state index contributed by atoms with van der Waals surface area (Å²) in [6, 6.07) is 2.35. The van der Waals surface area contributed by atoms with Crippen LogP contribution in [0.15, 0.2) is 23.2 Å². The molecule has 14 heteroatoms. The van der Waals surface area contributed by atoms with E-state index in [1.54, 1.807) is 12.1 Å². The fraction of sp³-hybridized carbons (Fsp3) is 0.500. The van der Waals surface area contributed by atoms with Crippen LogP contribution in [0, 0.1) is 0 Å². The van der Waals surface area contributed by atoms with Gasteiger partial charge >= 0.3 is 5.96 Å². The van der Waals surface area contributed by atoms with E-state index in [0.717, 1.165) is 16.0 Å². The number of rotatable bonds is 4. The number of nitrogens with two attached hydrogens (primary N) is 2. The number of guanidine groups is 2. The molecule has 0 aliphatic carbocycles. The monoisotopic (exact) mass is 499 g/mol. The van der Waals surface area contributed by atoms with E-state index in [0.29, 0.717) is 12.2 Å². The number of hydrogen-bond acceptors (Lipinski definition) is 11. The van der Waals surface area contributed by atoms with E-state index in [1.165, 1.54) is 4.58 Å². The fourth-order valence-electron chi connectivity index (χ4n) is 5.98. The highest BCUT2D eigenvalue weighted by molar-refractivity contribution is 6.02. The first kappa shape index (κ1) is 22.7. The maximum Gasteiger partial charge on any atom is 0.346 e. The quantitative estimate of drug-likeness (QED) is 0.121. The van der Waals surface area contributed by atoms with E-state index in [1.807, 2.05) is 6.07 Å². The van der Waals surface area contributed by atoms with Gasteiger partial charge in [-0.1, -0.05) is 12.1 Å². The van der Waals surface area contributed by atoms with Crippen LogP contribution < -0.4 is 27.4 Å². The van der Waals surface area contributed by atoms with E-state index in [9.17, 15) is 24.6 Å². The molecule has 9 N–H and O–H groups in total. The molecule has 2 saturated heterocycles. The van der Waals surface area contributed by atoms with Gasteiger partial charge in [-0.05, 0) is 17.2 Å². The number of nitrogens with one attached hydrogen (secondary N) is 3. The summed E-state index contributed by atoms with van der Waals surface area (Å²) in [6.07, 6.45) is 0.227. The lowest BCUT2D eigenvalue weighted by molar-refractivity contribution is -0.623. The third kappa shape index (κ3) is 2.98. The van der Waals surface area contributed by atoms with Gasteiger partial charge in [0.2, 0.25) is 23.3 Å². The molecule has 3 amide bonds. The van der Waals surface area contributed by atoms with Gasteiger partial charge in [0, 0.05) is 18.4 Å². The van der Waals surface area contributed by atoms with Crippen molar-refractivity contribution in [1.29, 1.82) is 0 Å². The van der Waals surface area contributed by atoms with Gasteiger partial charge in [0.1, 0.15) is 18.1 Å². The average molecular weight is 500 g/mol. The van der Waals surface area contributed by atoms with Gasteiger partial charge in [0.25, 0.3) is 5.91 Å². The minimum Gasteiger partial charge on any atom is -0.372 e. The largest absolute Gasteiger partial charge is 0.372 e. The molecule has 3 unspecified atom stereocenters. The third-order valence-electron chi connectivity index (χ3n) is 7.73. The summed E-state index contributed by atoms with van der Waals surface area (Å²) in [7, 11) is 0. The summed E-state index contributed by atoms with van der Waals surface area (Å²) in [5.41, 5.74) is 12.6. The lowest BCUT2D eigenvalue weighted by Gasteiger charge is -2.44. The Kier molecular flexibility index (Phi) is 4.81. The molecule has 1 aromatic rings. The second-order valence-electron chi connectivity index (χ2n) is 9.68. The third-order valence-corrected chi connectivity index (χ3v) is 7.73. The van der Waals surface area contributed by atoms with Crippen molar-refractivity contribution in [2.45, 2.75) is 55.6 Å². The number of fused-ring (bicyclic) bond motifs is 1. The Balaban J connectivity index is 1.33. The summed E-state index contributed by atoms with van der Waals surface area (Å²) in [5.74, 6) is -3.75. The van der Waals surface area contributed by atoms with Crippen molar-refractivity contribution in [2.24, 2.45) is 16.5 Å². The Morgan fingerprint density at radius 3 is 2.75 bits per heavy atom. The van der Waals surface area contributed by atoms with Crippen molar-refractivity contribution in [3.63, 3.8) is 0 Å². The van der Waals surface area contributed by atoms with Crippen molar-refractivity contribution >= 4 is 29.6 Å². The molecule has 0 saturated carbocycles. The van der Waals surface area contributed by atoms with Crippen molar-refractivity contribution < 1.29 is 33.9 Å². The molecule has 4 atom stereocenters. The molecule has 1 spiro atoms. The van der Waals surface area contributed by atoms with Crippen LogP contribution in [0.3, 0.4) is 0 Å². The van der Waals surface area contributed by atoms with Gasteiger partial charge in [0.05, 0.1) is 26.3 Å². The average Bonchev–Trinajstić information content (AvgIpc) is 3.57. The number of imide groups is 1. The zero-order valence-electron chi connectivity index (χ0n) is 19.2. The Morgan fingerprint density at radius 1 is 1.25 bits per heavy atom. The Labute approximate surface area is 205 Å².